The molecule has 6 nitrogen and oxygen atoms in total. The zero-order chi connectivity index (χ0) is 18.0. The maximum atomic E-state index is 12.4. The molecule has 1 saturated carbocycles. The van der Waals surface area contributed by atoms with Crippen molar-refractivity contribution in [3.63, 3.8) is 0 Å². The van der Waals surface area contributed by atoms with E-state index < -0.39 is 10.0 Å². The number of sulfonamides is 1. The minimum atomic E-state index is -3.60. The standard InChI is InChI=1S/C18H28N4O2S/c1-13-7-9-16(10-8-13)25(23,24)21-18-19-11-22(12-20-18)17-6-4-5-14(2)15(17)3/h7-10,14-15,17H,4-6,11-12H2,1-3H3,(H2,19,20,21)/t14-,15-,17-/m1/s1. The minimum absolute atomic E-state index is 0.250. The van der Waals surface area contributed by atoms with E-state index in [4.69, 9.17) is 0 Å². The van der Waals surface area contributed by atoms with Gasteiger partial charge in [0.05, 0.1) is 18.2 Å². The number of guanidine groups is 1. The molecule has 1 heterocycles. The van der Waals surface area contributed by atoms with Crippen LogP contribution in [-0.2, 0) is 10.0 Å². The molecule has 1 fully saturated rings. The van der Waals surface area contributed by atoms with Gasteiger partial charge in [0.1, 0.15) is 0 Å². The lowest BCUT2D eigenvalue weighted by Gasteiger charge is -2.42. The van der Waals surface area contributed by atoms with Crippen LogP contribution < -0.4 is 10.0 Å². The van der Waals surface area contributed by atoms with E-state index in [0.29, 0.717) is 31.3 Å². The van der Waals surface area contributed by atoms with E-state index in [1.54, 1.807) is 24.3 Å². The van der Waals surface area contributed by atoms with Gasteiger partial charge in [-0.25, -0.2) is 18.1 Å². The molecule has 0 radical (unpaired) electrons. The summed E-state index contributed by atoms with van der Waals surface area (Å²) < 4.78 is 27.4. The van der Waals surface area contributed by atoms with E-state index in [9.17, 15) is 8.42 Å². The molecule has 25 heavy (non-hydrogen) atoms. The number of benzene rings is 1. The number of nitrogens with zero attached hydrogens (tertiary/aromatic N) is 2. The van der Waals surface area contributed by atoms with Crippen molar-refractivity contribution in [1.29, 1.82) is 0 Å². The molecule has 0 spiro atoms. The molecule has 3 atom stereocenters. The van der Waals surface area contributed by atoms with Gasteiger partial charge >= 0.3 is 0 Å². The van der Waals surface area contributed by atoms with Gasteiger partial charge in [0.25, 0.3) is 10.0 Å². The summed E-state index contributed by atoms with van der Waals surface area (Å²) in [6.45, 7) is 7.71. The molecule has 1 aliphatic carbocycles. The third kappa shape index (κ3) is 4.15. The molecule has 0 amide bonds. The second-order valence-electron chi connectivity index (χ2n) is 7.32. The first-order valence-electron chi connectivity index (χ1n) is 8.98. The van der Waals surface area contributed by atoms with Crippen molar-refractivity contribution in [3.05, 3.63) is 29.8 Å². The van der Waals surface area contributed by atoms with Crippen LogP contribution in [-0.4, -0.2) is 38.7 Å². The fourth-order valence-corrected chi connectivity index (χ4v) is 4.71. The topological polar surface area (TPSA) is 73.8 Å². The molecule has 2 aliphatic rings. The summed E-state index contributed by atoms with van der Waals surface area (Å²) in [4.78, 5) is 6.97. The molecule has 138 valence electrons. The van der Waals surface area contributed by atoms with Gasteiger partial charge in [-0.1, -0.05) is 44.4 Å². The van der Waals surface area contributed by atoms with Crippen LogP contribution in [0.4, 0.5) is 0 Å². The fourth-order valence-electron chi connectivity index (χ4n) is 3.71. The average molecular weight is 365 g/mol. The molecular weight excluding hydrogens is 336 g/mol. The van der Waals surface area contributed by atoms with Crippen molar-refractivity contribution in [2.45, 2.75) is 51.0 Å². The zero-order valence-electron chi connectivity index (χ0n) is 15.2. The largest absolute Gasteiger partial charge is 0.343 e. The van der Waals surface area contributed by atoms with E-state index in [-0.39, 0.29) is 4.90 Å². The van der Waals surface area contributed by atoms with Gasteiger partial charge in [0, 0.05) is 6.04 Å². The van der Waals surface area contributed by atoms with E-state index in [1.807, 2.05) is 6.92 Å². The average Bonchev–Trinajstić information content (AvgIpc) is 2.58. The highest BCUT2D eigenvalue weighted by atomic mass is 32.2. The molecule has 0 saturated heterocycles. The first-order valence-corrected chi connectivity index (χ1v) is 10.5. The Morgan fingerprint density at radius 1 is 1.20 bits per heavy atom. The monoisotopic (exact) mass is 364 g/mol. The van der Waals surface area contributed by atoms with E-state index in [0.717, 1.165) is 11.5 Å². The van der Waals surface area contributed by atoms with Crippen LogP contribution in [0.1, 0.15) is 38.7 Å². The second kappa shape index (κ2) is 7.33. The third-order valence-electron chi connectivity index (χ3n) is 5.56. The first-order chi connectivity index (χ1) is 11.9. The Hall–Kier alpha value is -1.60. The van der Waals surface area contributed by atoms with Crippen LogP contribution in [0.15, 0.2) is 34.2 Å². The van der Waals surface area contributed by atoms with Crippen molar-refractivity contribution in [2.24, 2.45) is 16.8 Å². The molecule has 1 aromatic rings. The smallest absolute Gasteiger partial charge is 0.264 e. The van der Waals surface area contributed by atoms with Crippen molar-refractivity contribution >= 4 is 16.0 Å². The molecular formula is C18H28N4O2S. The summed E-state index contributed by atoms with van der Waals surface area (Å²) in [5.41, 5.74) is 1.03. The molecule has 1 aromatic carbocycles. The SMILES string of the molecule is Cc1ccc(S(=O)(=O)NC2=NCN([C@@H]3CCC[C@@H](C)[C@H]3C)CN2)cc1. The number of rotatable bonds is 3. The lowest BCUT2D eigenvalue weighted by molar-refractivity contribution is 0.0768. The van der Waals surface area contributed by atoms with E-state index in [2.05, 4.69) is 33.8 Å². The molecule has 1 aliphatic heterocycles. The Balaban J connectivity index is 1.64. The van der Waals surface area contributed by atoms with Crippen molar-refractivity contribution in [2.75, 3.05) is 13.3 Å². The van der Waals surface area contributed by atoms with Gasteiger partial charge < -0.3 is 5.32 Å². The summed E-state index contributed by atoms with van der Waals surface area (Å²) in [6, 6.07) is 7.31. The van der Waals surface area contributed by atoms with Crippen LogP contribution >= 0.6 is 0 Å². The second-order valence-corrected chi connectivity index (χ2v) is 9.01. The Labute approximate surface area is 150 Å². The highest BCUT2D eigenvalue weighted by Crippen LogP contribution is 2.32. The van der Waals surface area contributed by atoms with E-state index >= 15 is 0 Å². The van der Waals surface area contributed by atoms with Crippen LogP contribution in [0.5, 0.6) is 0 Å². The molecule has 0 aromatic heterocycles. The number of aliphatic imine (C=N–C) groups is 1. The quantitative estimate of drug-likeness (QED) is 0.863. The van der Waals surface area contributed by atoms with Gasteiger partial charge in [0.15, 0.2) is 0 Å². The first kappa shape index (κ1) is 18.2. The number of hydrogen-bond donors (Lipinski definition) is 2. The number of aryl methyl sites for hydroxylation is 1. The van der Waals surface area contributed by atoms with Gasteiger partial charge in [-0.3, -0.25) is 4.90 Å². The maximum Gasteiger partial charge on any atom is 0.264 e. The lowest BCUT2D eigenvalue weighted by Crippen LogP contribution is -2.55. The van der Waals surface area contributed by atoms with Crippen LogP contribution in [0.3, 0.4) is 0 Å². The predicted octanol–water partition coefficient (Wildman–Crippen LogP) is 2.27. The summed E-state index contributed by atoms with van der Waals surface area (Å²) in [7, 11) is -3.60. The predicted molar refractivity (Wildman–Crippen MR) is 99.6 cm³/mol. The Kier molecular flexibility index (Phi) is 5.34. The molecule has 3 rings (SSSR count). The number of hydrogen-bond acceptors (Lipinski definition) is 5. The maximum absolute atomic E-state index is 12.4. The van der Waals surface area contributed by atoms with Gasteiger partial charge in [0.2, 0.25) is 5.96 Å². The van der Waals surface area contributed by atoms with Crippen molar-refractivity contribution < 1.29 is 8.42 Å². The molecule has 0 bridgehead atoms. The third-order valence-corrected chi connectivity index (χ3v) is 6.91. The number of nitrogens with one attached hydrogen (secondary N) is 2. The Morgan fingerprint density at radius 2 is 1.92 bits per heavy atom. The molecule has 2 N–H and O–H groups in total. The van der Waals surface area contributed by atoms with Gasteiger partial charge in [-0.2, -0.15) is 0 Å². The molecule has 7 heteroatoms. The van der Waals surface area contributed by atoms with Crippen LogP contribution in [0, 0.1) is 18.8 Å². The normalized spacial score (nSPS) is 28.1. The fraction of sp³-hybridized carbons (Fsp3) is 0.611. The zero-order valence-corrected chi connectivity index (χ0v) is 16.0. The van der Waals surface area contributed by atoms with Gasteiger partial charge in [-0.15, -0.1) is 0 Å². The highest BCUT2D eigenvalue weighted by Gasteiger charge is 2.32. The Morgan fingerprint density at radius 3 is 2.56 bits per heavy atom. The van der Waals surface area contributed by atoms with Crippen molar-refractivity contribution in [3.8, 4) is 0 Å². The lowest BCUT2D eigenvalue weighted by atomic mass is 9.77. The Bertz CT molecular complexity index is 730. The van der Waals surface area contributed by atoms with E-state index in [1.165, 1.54) is 19.3 Å². The summed E-state index contributed by atoms with van der Waals surface area (Å²) >= 11 is 0. The van der Waals surface area contributed by atoms with Crippen LogP contribution in [0.25, 0.3) is 0 Å². The summed E-state index contributed by atoms with van der Waals surface area (Å²) in [5, 5.41) is 3.12. The highest BCUT2D eigenvalue weighted by molar-refractivity contribution is 7.90. The molecule has 0 unspecified atom stereocenters. The van der Waals surface area contributed by atoms with Gasteiger partial charge in [-0.05, 0) is 37.3 Å². The summed E-state index contributed by atoms with van der Waals surface area (Å²) in [5.74, 6) is 1.69. The van der Waals surface area contributed by atoms with Crippen LogP contribution in [0.2, 0.25) is 0 Å². The minimum Gasteiger partial charge on any atom is -0.343 e. The van der Waals surface area contributed by atoms with Crippen molar-refractivity contribution in [1.82, 2.24) is 14.9 Å². The summed E-state index contributed by atoms with van der Waals surface area (Å²) in [6.07, 6.45) is 3.74.